The molecular weight excluding hydrogens is 517 g/mol. The van der Waals surface area contributed by atoms with Gasteiger partial charge in [0.1, 0.15) is 0 Å². The number of likely N-dealkylation sites (N-methyl/N-ethyl adjacent to an activating group) is 1. The third-order valence-electron chi connectivity index (χ3n) is 6.92. The first kappa shape index (κ1) is 28.8. The van der Waals surface area contributed by atoms with Crippen LogP contribution in [-0.4, -0.2) is 67.2 Å². The summed E-state index contributed by atoms with van der Waals surface area (Å²) in [5, 5.41) is 11.5. The van der Waals surface area contributed by atoms with Gasteiger partial charge in [-0.25, -0.2) is 0 Å². The summed E-state index contributed by atoms with van der Waals surface area (Å²) in [6, 6.07) is 8.94. The number of nitrogens with zero attached hydrogens (tertiary/aromatic N) is 3. The molecule has 3 aromatic rings. The van der Waals surface area contributed by atoms with E-state index in [9.17, 15) is 18.0 Å². The molecule has 2 heterocycles. The van der Waals surface area contributed by atoms with E-state index in [1.807, 2.05) is 18.9 Å². The molecule has 208 valence electrons. The molecule has 0 unspecified atom stereocenters. The predicted molar refractivity (Wildman–Crippen MR) is 150 cm³/mol. The van der Waals surface area contributed by atoms with Gasteiger partial charge in [-0.3, -0.25) is 20.1 Å². The van der Waals surface area contributed by atoms with Crippen LogP contribution in [0.25, 0.3) is 0 Å². The highest BCUT2D eigenvalue weighted by atomic mass is 19.4. The molecule has 1 fully saturated rings. The molecule has 4 rings (SSSR count). The standard InChI is InChI=1S/C30H31F3N6O/c1-20-4-9-25(14-21(20)5-7-23-17-36-18-28(35-2)26(23)16-34)37-29(40)22-6-8-24(27(15-22)30(31,32)33)19-39-12-10-38(3)11-13-39/h4,6,8-9,14-18,34-35H,10-13,19H2,1-3H3,(H,37,40)/p+1. The Bertz CT molecular complexity index is 1470. The van der Waals surface area contributed by atoms with Crippen LogP contribution in [0.1, 0.15) is 43.7 Å². The Morgan fingerprint density at radius 2 is 1.80 bits per heavy atom. The zero-order valence-corrected chi connectivity index (χ0v) is 22.7. The van der Waals surface area contributed by atoms with E-state index in [1.54, 1.807) is 37.6 Å². The van der Waals surface area contributed by atoms with Crippen LogP contribution in [0.3, 0.4) is 0 Å². The number of hydrogen-bond donors (Lipinski definition) is 3. The predicted octanol–water partition coefficient (Wildman–Crippen LogP) is 3.03. The van der Waals surface area contributed by atoms with Gasteiger partial charge >= 0.3 is 6.18 Å². The van der Waals surface area contributed by atoms with Gasteiger partial charge in [-0.2, -0.15) is 13.2 Å². The summed E-state index contributed by atoms with van der Waals surface area (Å²) >= 11 is 0. The Morgan fingerprint density at radius 1 is 1.07 bits per heavy atom. The largest absolute Gasteiger partial charge is 0.416 e. The van der Waals surface area contributed by atoms with Crippen LogP contribution in [0, 0.1) is 18.8 Å². The molecule has 1 saturated heterocycles. The zero-order valence-electron chi connectivity index (χ0n) is 22.7. The van der Waals surface area contributed by atoms with Crippen molar-refractivity contribution in [2.75, 3.05) is 50.9 Å². The average molecular weight is 550 g/mol. The minimum Gasteiger partial charge on any atom is -0.386 e. The number of rotatable bonds is 6. The van der Waals surface area contributed by atoms with Crippen LogP contribution in [0.2, 0.25) is 0 Å². The molecule has 7 nitrogen and oxygen atoms in total. The number of pyridine rings is 1. The quantitative estimate of drug-likeness (QED) is 0.325. The van der Waals surface area contributed by atoms with Gasteiger partial charge in [-0.1, -0.05) is 24.0 Å². The highest BCUT2D eigenvalue weighted by Gasteiger charge is 2.34. The number of benzene rings is 2. The summed E-state index contributed by atoms with van der Waals surface area (Å²) in [7, 11) is 3.75. The van der Waals surface area contributed by atoms with E-state index in [0.29, 0.717) is 35.5 Å². The molecule has 0 aliphatic carbocycles. The van der Waals surface area contributed by atoms with Gasteiger partial charge in [-0.15, -0.1) is 0 Å². The van der Waals surface area contributed by atoms with Crippen molar-refractivity contribution in [1.29, 1.82) is 0 Å². The number of alkyl halides is 3. The number of hydrogen-bond acceptors (Lipinski definition) is 5. The van der Waals surface area contributed by atoms with E-state index in [1.165, 1.54) is 18.3 Å². The minimum atomic E-state index is -4.58. The highest BCUT2D eigenvalue weighted by Crippen LogP contribution is 2.34. The van der Waals surface area contributed by atoms with E-state index in [0.717, 1.165) is 30.4 Å². The first-order valence-corrected chi connectivity index (χ1v) is 12.8. The second kappa shape index (κ2) is 12.3. The summed E-state index contributed by atoms with van der Waals surface area (Å²) in [6.45, 7) is 5.05. The van der Waals surface area contributed by atoms with E-state index >= 15 is 0 Å². The summed E-state index contributed by atoms with van der Waals surface area (Å²) in [5.41, 5.74) is 3.31. The minimum absolute atomic E-state index is 0.0688. The molecule has 1 aliphatic rings. The van der Waals surface area contributed by atoms with Crippen molar-refractivity contribution >= 4 is 23.5 Å². The molecule has 10 heteroatoms. The first-order chi connectivity index (χ1) is 19.1. The second-order valence-electron chi connectivity index (χ2n) is 9.75. The number of piperazine rings is 1. The van der Waals surface area contributed by atoms with Crippen LogP contribution in [0.4, 0.5) is 24.5 Å². The number of anilines is 2. The number of halogens is 3. The monoisotopic (exact) mass is 549 g/mol. The Hall–Kier alpha value is -4.20. The van der Waals surface area contributed by atoms with Crippen molar-refractivity contribution in [2.24, 2.45) is 0 Å². The number of amides is 1. The van der Waals surface area contributed by atoms with Crippen LogP contribution >= 0.6 is 0 Å². The fourth-order valence-corrected chi connectivity index (χ4v) is 4.49. The molecule has 1 aliphatic heterocycles. The van der Waals surface area contributed by atoms with Gasteiger partial charge in [0.05, 0.1) is 28.6 Å². The molecule has 4 N–H and O–H groups in total. The molecule has 0 radical (unpaired) electrons. The zero-order chi connectivity index (χ0) is 28.9. The molecule has 0 bridgehead atoms. The summed E-state index contributed by atoms with van der Waals surface area (Å²) < 4.78 is 41.9. The van der Waals surface area contributed by atoms with Crippen molar-refractivity contribution in [3.63, 3.8) is 0 Å². The van der Waals surface area contributed by atoms with Crippen molar-refractivity contribution in [1.82, 2.24) is 14.8 Å². The van der Waals surface area contributed by atoms with Gasteiger partial charge in [0.15, 0.2) is 6.21 Å². The van der Waals surface area contributed by atoms with E-state index in [2.05, 4.69) is 32.4 Å². The molecule has 0 spiro atoms. The third kappa shape index (κ3) is 6.86. The lowest BCUT2D eigenvalue weighted by Crippen LogP contribution is -2.44. The van der Waals surface area contributed by atoms with Gasteiger partial charge < -0.3 is 15.5 Å². The Balaban J connectivity index is 1.55. The lowest BCUT2D eigenvalue weighted by atomic mass is 10.0. The van der Waals surface area contributed by atoms with Crippen LogP contribution < -0.4 is 16.0 Å². The Morgan fingerprint density at radius 3 is 2.48 bits per heavy atom. The maximum atomic E-state index is 14.0. The SMILES string of the molecule is CNc1cncc(C#Cc2cc(NC(=O)c3ccc(CN4CCN(C)CC4)c(C(F)(F)F)c3)ccc2C)c1C=[NH2+]. The number of aryl methyl sites for hydroxylation is 1. The van der Waals surface area contributed by atoms with Crippen molar-refractivity contribution < 1.29 is 23.4 Å². The average Bonchev–Trinajstić information content (AvgIpc) is 2.93. The first-order valence-electron chi connectivity index (χ1n) is 12.8. The van der Waals surface area contributed by atoms with E-state index in [4.69, 9.17) is 5.41 Å². The molecule has 40 heavy (non-hydrogen) atoms. The van der Waals surface area contributed by atoms with Gasteiger partial charge in [0.25, 0.3) is 5.91 Å². The smallest absolute Gasteiger partial charge is 0.386 e. The summed E-state index contributed by atoms with van der Waals surface area (Å²) in [5.74, 6) is 5.52. The van der Waals surface area contributed by atoms with Crippen molar-refractivity contribution in [3.05, 3.63) is 87.7 Å². The fraction of sp³-hybridized carbons (Fsp3) is 0.300. The topological polar surface area (TPSA) is 86.1 Å². The molecule has 0 atom stereocenters. The van der Waals surface area contributed by atoms with E-state index in [-0.39, 0.29) is 17.7 Å². The third-order valence-corrected chi connectivity index (χ3v) is 6.92. The normalized spacial score (nSPS) is 14.2. The van der Waals surface area contributed by atoms with Crippen LogP contribution in [0.15, 0.2) is 48.8 Å². The molecule has 1 aromatic heterocycles. The molecule has 2 aromatic carbocycles. The molecule has 0 saturated carbocycles. The summed E-state index contributed by atoms with van der Waals surface area (Å²) in [6.07, 6.45) is 0.129. The lowest BCUT2D eigenvalue weighted by Gasteiger charge is -2.33. The Labute approximate surface area is 231 Å². The second-order valence-corrected chi connectivity index (χ2v) is 9.75. The van der Waals surface area contributed by atoms with Crippen LogP contribution in [0.5, 0.6) is 0 Å². The van der Waals surface area contributed by atoms with Crippen molar-refractivity contribution in [2.45, 2.75) is 19.6 Å². The molecular formula is C30H32F3N6O+. The van der Waals surface area contributed by atoms with Gasteiger partial charge in [0.2, 0.25) is 0 Å². The van der Waals surface area contributed by atoms with Crippen LogP contribution in [-0.2, 0) is 12.7 Å². The molecule has 1 amide bonds. The van der Waals surface area contributed by atoms with Gasteiger partial charge in [0, 0.05) is 62.8 Å². The fourth-order valence-electron chi connectivity index (χ4n) is 4.49. The summed E-state index contributed by atoms with van der Waals surface area (Å²) in [4.78, 5) is 21.3. The maximum absolute atomic E-state index is 14.0. The Kier molecular flexibility index (Phi) is 8.87. The number of carbonyl (C=O) groups excluding carboxylic acids is 1. The van der Waals surface area contributed by atoms with Gasteiger partial charge in [-0.05, 0) is 49.4 Å². The number of aromatic nitrogens is 1. The number of nitrogens with one attached hydrogen (secondary N) is 2. The van der Waals surface area contributed by atoms with Crippen molar-refractivity contribution in [3.8, 4) is 11.8 Å². The maximum Gasteiger partial charge on any atom is 0.416 e. The van der Waals surface area contributed by atoms with E-state index < -0.39 is 17.6 Å². The number of nitrogens with two attached hydrogens (primary N) is 1. The lowest BCUT2D eigenvalue weighted by molar-refractivity contribution is -0.138. The number of carbonyl (C=O) groups is 1. The highest BCUT2D eigenvalue weighted by molar-refractivity contribution is 6.04.